The zero-order chi connectivity index (χ0) is 11.4. The highest BCUT2D eigenvalue weighted by molar-refractivity contribution is 7.98. The number of nitrogens with zero attached hydrogens (tertiary/aromatic N) is 2. The summed E-state index contributed by atoms with van der Waals surface area (Å²) in [6, 6.07) is 6.49. The van der Waals surface area contributed by atoms with Crippen molar-refractivity contribution in [1.29, 1.82) is 0 Å². The van der Waals surface area contributed by atoms with E-state index in [4.69, 9.17) is 9.63 Å². The number of halogens is 1. The lowest BCUT2D eigenvalue weighted by molar-refractivity contribution is 0.222. The lowest BCUT2D eigenvalue weighted by Crippen LogP contribution is -1.87. The van der Waals surface area contributed by atoms with E-state index in [2.05, 4.69) is 10.1 Å². The van der Waals surface area contributed by atoms with Crippen molar-refractivity contribution in [2.45, 2.75) is 17.3 Å². The van der Waals surface area contributed by atoms with Gasteiger partial charge in [-0.25, -0.2) is 4.39 Å². The molecular formula is C10H9FN2O2S. The van der Waals surface area contributed by atoms with Crippen molar-refractivity contribution in [3.05, 3.63) is 41.8 Å². The Labute approximate surface area is 95.5 Å². The lowest BCUT2D eigenvalue weighted by Gasteiger charge is -1.98. The molecule has 1 aromatic heterocycles. The van der Waals surface area contributed by atoms with Gasteiger partial charge in [0.25, 0.3) is 5.89 Å². The molecule has 0 atom stereocenters. The van der Waals surface area contributed by atoms with Crippen molar-refractivity contribution in [3.8, 4) is 0 Å². The molecule has 6 heteroatoms. The second-order valence-electron chi connectivity index (χ2n) is 2.98. The standard InChI is InChI=1S/C10H9FN2O2S/c11-7-3-1-2-4-8(7)16-6-9-12-10(5-14)15-13-9/h1-4,14H,5-6H2. The Morgan fingerprint density at radius 3 is 2.88 bits per heavy atom. The van der Waals surface area contributed by atoms with Crippen molar-refractivity contribution in [3.63, 3.8) is 0 Å². The van der Waals surface area contributed by atoms with E-state index < -0.39 is 0 Å². The van der Waals surface area contributed by atoms with Crippen LogP contribution in [0.5, 0.6) is 0 Å². The van der Waals surface area contributed by atoms with Crippen molar-refractivity contribution < 1.29 is 14.0 Å². The van der Waals surface area contributed by atoms with Gasteiger partial charge in [-0.05, 0) is 12.1 Å². The van der Waals surface area contributed by atoms with Crippen LogP contribution in [0.3, 0.4) is 0 Å². The molecule has 0 unspecified atom stereocenters. The summed E-state index contributed by atoms with van der Waals surface area (Å²) in [5, 5.41) is 12.4. The van der Waals surface area contributed by atoms with Crippen LogP contribution in [0.4, 0.5) is 4.39 Å². The SMILES string of the molecule is OCc1nc(CSc2ccccc2F)no1. The molecule has 16 heavy (non-hydrogen) atoms. The summed E-state index contributed by atoms with van der Waals surface area (Å²) in [5.41, 5.74) is 0. The Balaban J connectivity index is 1.99. The number of aliphatic hydroxyl groups excluding tert-OH is 1. The second kappa shape index (κ2) is 5.09. The van der Waals surface area contributed by atoms with Gasteiger partial charge in [0.15, 0.2) is 5.82 Å². The van der Waals surface area contributed by atoms with Gasteiger partial charge in [-0.1, -0.05) is 17.3 Å². The molecule has 1 N–H and O–H groups in total. The summed E-state index contributed by atoms with van der Waals surface area (Å²) >= 11 is 1.28. The number of benzene rings is 1. The van der Waals surface area contributed by atoms with Gasteiger partial charge in [0, 0.05) is 4.90 Å². The maximum atomic E-state index is 13.2. The third-order valence-corrected chi connectivity index (χ3v) is 2.88. The Kier molecular flexibility index (Phi) is 3.53. The molecule has 0 aliphatic rings. The second-order valence-corrected chi connectivity index (χ2v) is 4.00. The Hall–Kier alpha value is -1.40. The lowest BCUT2D eigenvalue weighted by atomic mass is 10.3. The summed E-state index contributed by atoms with van der Waals surface area (Å²) in [5.74, 6) is 0.754. The Morgan fingerprint density at radius 1 is 1.38 bits per heavy atom. The average Bonchev–Trinajstić information content (AvgIpc) is 2.76. The van der Waals surface area contributed by atoms with Crippen LogP contribution in [-0.4, -0.2) is 15.2 Å². The smallest absolute Gasteiger partial charge is 0.252 e. The van der Waals surface area contributed by atoms with Crippen LogP contribution in [0.15, 0.2) is 33.7 Å². The summed E-state index contributed by atoms with van der Waals surface area (Å²) < 4.78 is 18.0. The largest absolute Gasteiger partial charge is 0.387 e. The average molecular weight is 240 g/mol. The van der Waals surface area contributed by atoms with Gasteiger partial charge < -0.3 is 9.63 Å². The van der Waals surface area contributed by atoms with Gasteiger partial charge in [0.2, 0.25) is 0 Å². The summed E-state index contributed by atoms with van der Waals surface area (Å²) in [7, 11) is 0. The third kappa shape index (κ3) is 2.59. The number of aliphatic hydroxyl groups is 1. The van der Waals surface area contributed by atoms with E-state index in [-0.39, 0.29) is 18.3 Å². The molecule has 0 saturated carbocycles. The van der Waals surface area contributed by atoms with Crippen molar-refractivity contribution in [2.24, 2.45) is 0 Å². The van der Waals surface area contributed by atoms with E-state index in [1.165, 1.54) is 17.8 Å². The van der Waals surface area contributed by atoms with Crippen LogP contribution < -0.4 is 0 Å². The molecule has 0 amide bonds. The fraction of sp³-hybridized carbons (Fsp3) is 0.200. The highest BCUT2D eigenvalue weighted by atomic mass is 32.2. The van der Waals surface area contributed by atoms with E-state index in [1.54, 1.807) is 18.2 Å². The molecule has 4 nitrogen and oxygen atoms in total. The quantitative estimate of drug-likeness (QED) is 0.828. The highest BCUT2D eigenvalue weighted by Gasteiger charge is 2.07. The molecule has 0 bridgehead atoms. The molecule has 0 aliphatic carbocycles. The molecule has 2 aromatic rings. The van der Waals surface area contributed by atoms with Crippen molar-refractivity contribution in [2.75, 3.05) is 0 Å². The first-order chi connectivity index (χ1) is 7.79. The maximum Gasteiger partial charge on any atom is 0.252 e. The normalized spacial score (nSPS) is 10.6. The topological polar surface area (TPSA) is 59.2 Å². The molecule has 0 aliphatic heterocycles. The van der Waals surface area contributed by atoms with Gasteiger partial charge in [-0.3, -0.25) is 0 Å². The first-order valence-electron chi connectivity index (χ1n) is 4.59. The number of thioether (sulfide) groups is 1. The van der Waals surface area contributed by atoms with E-state index in [9.17, 15) is 4.39 Å². The molecule has 84 valence electrons. The first-order valence-corrected chi connectivity index (χ1v) is 5.58. The number of aromatic nitrogens is 2. The summed E-state index contributed by atoms with van der Waals surface area (Å²) in [4.78, 5) is 4.44. The number of hydrogen-bond donors (Lipinski definition) is 1. The minimum Gasteiger partial charge on any atom is -0.387 e. The molecule has 2 rings (SSSR count). The molecule has 0 saturated heterocycles. The predicted molar refractivity (Wildman–Crippen MR) is 56.2 cm³/mol. The molecule has 1 heterocycles. The van der Waals surface area contributed by atoms with Crippen LogP contribution in [0.1, 0.15) is 11.7 Å². The van der Waals surface area contributed by atoms with Crippen LogP contribution >= 0.6 is 11.8 Å². The minimum absolute atomic E-state index is 0.170. The zero-order valence-corrected chi connectivity index (χ0v) is 9.08. The van der Waals surface area contributed by atoms with Crippen LogP contribution in [0.25, 0.3) is 0 Å². The fourth-order valence-corrected chi connectivity index (χ4v) is 1.90. The monoisotopic (exact) mass is 240 g/mol. The first kappa shape index (κ1) is 11.1. The van der Waals surface area contributed by atoms with Gasteiger partial charge in [0.05, 0.1) is 5.75 Å². The van der Waals surface area contributed by atoms with Gasteiger partial charge in [-0.2, -0.15) is 4.98 Å². The van der Waals surface area contributed by atoms with Crippen LogP contribution in [0.2, 0.25) is 0 Å². The van der Waals surface area contributed by atoms with Gasteiger partial charge >= 0.3 is 0 Å². The predicted octanol–water partition coefficient (Wildman–Crippen LogP) is 1.99. The highest BCUT2D eigenvalue weighted by Crippen LogP contribution is 2.23. The van der Waals surface area contributed by atoms with E-state index in [0.29, 0.717) is 16.5 Å². The number of rotatable bonds is 4. The number of hydrogen-bond acceptors (Lipinski definition) is 5. The Morgan fingerprint density at radius 2 is 2.19 bits per heavy atom. The van der Waals surface area contributed by atoms with Crippen LogP contribution in [0, 0.1) is 5.82 Å². The minimum atomic E-state index is -0.280. The van der Waals surface area contributed by atoms with E-state index >= 15 is 0 Å². The Bertz CT molecular complexity index is 475. The molecular weight excluding hydrogens is 231 g/mol. The molecule has 0 spiro atoms. The van der Waals surface area contributed by atoms with Gasteiger partial charge in [0.1, 0.15) is 12.4 Å². The van der Waals surface area contributed by atoms with Crippen molar-refractivity contribution >= 4 is 11.8 Å². The van der Waals surface area contributed by atoms with Crippen LogP contribution in [-0.2, 0) is 12.4 Å². The van der Waals surface area contributed by atoms with Crippen molar-refractivity contribution in [1.82, 2.24) is 10.1 Å². The summed E-state index contributed by atoms with van der Waals surface area (Å²) in [6.45, 7) is -0.280. The van der Waals surface area contributed by atoms with E-state index in [1.807, 2.05) is 0 Å². The summed E-state index contributed by atoms with van der Waals surface area (Å²) in [6.07, 6.45) is 0. The maximum absolute atomic E-state index is 13.2. The van der Waals surface area contributed by atoms with E-state index in [0.717, 1.165) is 0 Å². The fourth-order valence-electron chi connectivity index (χ4n) is 1.12. The third-order valence-electron chi connectivity index (χ3n) is 1.84. The molecule has 0 fully saturated rings. The molecule has 1 aromatic carbocycles. The molecule has 0 radical (unpaired) electrons. The van der Waals surface area contributed by atoms with Gasteiger partial charge in [-0.15, -0.1) is 11.8 Å². The zero-order valence-electron chi connectivity index (χ0n) is 8.26.